The van der Waals surface area contributed by atoms with Gasteiger partial charge in [0.2, 0.25) is 0 Å². The highest BCUT2D eigenvalue weighted by atomic mass is 32.2. The number of rotatable bonds is 6. The molecule has 2 N–H and O–H groups in total. The van der Waals surface area contributed by atoms with E-state index in [0.717, 1.165) is 12.8 Å². The predicted molar refractivity (Wildman–Crippen MR) is 97.8 cm³/mol. The number of nitrogens with one attached hydrogen (secondary N) is 2. The van der Waals surface area contributed by atoms with Crippen LogP contribution in [0.2, 0.25) is 0 Å². The van der Waals surface area contributed by atoms with Crippen molar-refractivity contribution in [3.63, 3.8) is 0 Å². The molecule has 1 aromatic carbocycles. The molecule has 8 nitrogen and oxygen atoms in total. The minimum absolute atomic E-state index is 0.0333. The molecule has 1 atom stereocenters. The van der Waals surface area contributed by atoms with Crippen LogP contribution in [0, 0.1) is 6.92 Å². The summed E-state index contributed by atoms with van der Waals surface area (Å²) in [5.41, 5.74) is 1.06. The number of anilines is 2. The van der Waals surface area contributed by atoms with Crippen molar-refractivity contribution in [3.8, 4) is 5.75 Å². The molecule has 1 aliphatic rings. The SMILES string of the molecule is CCCC[C@H]1Oc2ccc(S(=O)(=O)Nc3cc(C)nn3C)cc2NC1=O. The van der Waals surface area contributed by atoms with E-state index in [0.29, 0.717) is 29.4 Å². The normalized spacial score (nSPS) is 16.6. The molecule has 2 aromatic rings. The van der Waals surface area contributed by atoms with Crippen molar-refractivity contribution >= 4 is 27.4 Å². The van der Waals surface area contributed by atoms with Gasteiger partial charge in [0.15, 0.2) is 6.10 Å². The number of unbranched alkanes of at least 4 members (excludes halogenated alkanes) is 1. The van der Waals surface area contributed by atoms with Crippen LogP contribution in [0.25, 0.3) is 0 Å². The van der Waals surface area contributed by atoms with Gasteiger partial charge in [0.25, 0.3) is 15.9 Å². The summed E-state index contributed by atoms with van der Waals surface area (Å²) in [4.78, 5) is 12.2. The van der Waals surface area contributed by atoms with Gasteiger partial charge in [-0.3, -0.25) is 14.2 Å². The number of hydrogen-bond donors (Lipinski definition) is 2. The van der Waals surface area contributed by atoms with Gasteiger partial charge >= 0.3 is 0 Å². The third-order valence-electron chi connectivity index (χ3n) is 4.14. The Morgan fingerprint density at radius 1 is 1.35 bits per heavy atom. The number of aromatic nitrogens is 2. The maximum absolute atomic E-state index is 12.6. The van der Waals surface area contributed by atoms with E-state index in [1.165, 1.54) is 16.8 Å². The molecule has 9 heteroatoms. The summed E-state index contributed by atoms with van der Waals surface area (Å²) in [7, 11) is -2.16. The van der Waals surface area contributed by atoms with Crippen LogP contribution in [0.3, 0.4) is 0 Å². The smallest absolute Gasteiger partial charge is 0.265 e. The van der Waals surface area contributed by atoms with E-state index in [9.17, 15) is 13.2 Å². The Hall–Kier alpha value is -2.55. The van der Waals surface area contributed by atoms with Gasteiger partial charge in [-0.1, -0.05) is 13.3 Å². The van der Waals surface area contributed by atoms with Gasteiger partial charge in [0, 0.05) is 13.1 Å². The van der Waals surface area contributed by atoms with Crippen molar-refractivity contribution in [1.29, 1.82) is 0 Å². The number of aryl methyl sites for hydroxylation is 2. The largest absolute Gasteiger partial charge is 0.478 e. The zero-order valence-electron chi connectivity index (χ0n) is 14.9. The van der Waals surface area contributed by atoms with Crippen LogP contribution in [0.5, 0.6) is 5.75 Å². The highest BCUT2D eigenvalue weighted by Gasteiger charge is 2.28. The van der Waals surface area contributed by atoms with Gasteiger partial charge in [-0.15, -0.1) is 0 Å². The van der Waals surface area contributed by atoms with Crippen molar-refractivity contribution in [1.82, 2.24) is 9.78 Å². The lowest BCUT2D eigenvalue weighted by Crippen LogP contribution is -2.37. The third kappa shape index (κ3) is 3.67. The van der Waals surface area contributed by atoms with Crippen molar-refractivity contribution in [3.05, 3.63) is 30.0 Å². The lowest BCUT2D eigenvalue weighted by molar-refractivity contribution is -0.123. The van der Waals surface area contributed by atoms with E-state index in [2.05, 4.69) is 15.1 Å². The minimum Gasteiger partial charge on any atom is -0.478 e. The molecule has 1 aliphatic heterocycles. The lowest BCUT2D eigenvalue weighted by atomic mass is 10.1. The van der Waals surface area contributed by atoms with Gasteiger partial charge in [-0.25, -0.2) is 8.42 Å². The molecule has 0 unspecified atom stereocenters. The maximum Gasteiger partial charge on any atom is 0.265 e. The molecule has 3 rings (SSSR count). The maximum atomic E-state index is 12.6. The van der Waals surface area contributed by atoms with Crippen LogP contribution >= 0.6 is 0 Å². The fourth-order valence-corrected chi connectivity index (χ4v) is 3.88. The van der Waals surface area contributed by atoms with Crippen molar-refractivity contribution in [2.24, 2.45) is 7.05 Å². The minimum atomic E-state index is -3.82. The Morgan fingerprint density at radius 2 is 2.12 bits per heavy atom. The monoisotopic (exact) mass is 378 g/mol. The number of ether oxygens (including phenoxy) is 1. The summed E-state index contributed by atoms with van der Waals surface area (Å²) in [5.74, 6) is 0.580. The summed E-state index contributed by atoms with van der Waals surface area (Å²) in [6.07, 6.45) is 1.94. The Kier molecular flexibility index (Phi) is 4.90. The quantitative estimate of drug-likeness (QED) is 0.804. The van der Waals surface area contributed by atoms with E-state index < -0.39 is 16.1 Å². The van der Waals surface area contributed by atoms with Crippen molar-refractivity contribution in [2.45, 2.75) is 44.1 Å². The second-order valence-electron chi connectivity index (χ2n) is 6.30. The van der Waals surface area contributed by atoms with E-state index >= 15 is 0 Å². The standard InChI is InChI=1S/C17H22N4O4S/c1-4-5-6-15-17(22)18-13-10-12(7-8-14(13)25-15)26(23,24)20-16-9-11(2)19-21(16)3/h7-10,15,20H,4-6H2,1-3H3,(H,18,22)/t15-/m1/s1. The Bertz CT molecular complexity index is 936. The van der Waals surface area contributed by atoms with Gasteiger partial charge in [0.05, 0.1) is 16.3 Å². The first-order chi connectivity index (χ1) is 12.3. The zero-order valence-corrected chi connectivity index (χ0v) is 15.8. The van der Waals surface area contributed by atoms with Gasteiger partial charge in [0.1, 0.15) is 11.6 Å². The summed E-state index contributed by atoms with van der Waals surface area (Å²) in [6, 6.07) is 6.06. The Morgan fingerprint density at radius 3 is 2.77 bits per heavy atom. The summed E-state index contributed by atoms with van der Waals surface area (Å²) < 4.78 is 34.9. The van der Waals surface area contributed by atoms with Crippen LogP contribution in [-0.2, 0) is 21.9 Å². The first-order valence-electron chi connectivity index (χ1n) is 8.45. The van der Waals surface area contributed by atoms with Crippen LogP contribution in [0.15, 0.2) is 29.2 Å². The molecule has 0 bridgehead atoms. The molecule has 1 aromatic heterocycles. The number of benzene rings is 1. The molecule has 0 saturated carbocycles. The molecule has 0 spiro atoms. The van der Waals surface area contributed by atoms with Crippen LogP contribution in [0.1, 0.15) is 31.9 Å². The number of carbonyl (C=O) groups excluding carboxylic acids is 1. The molecule has 0 fully saturated rings. The second kappa shape index (κ2) is 6.99. The highest BCUT2D eigenvalue weighted by Crippen LogP contribution is 2.33. The number of nitrogens with zero attached hydrogens (tertiary/aromatic N) is 2. The molecule has 26 heavy (non-hydrogen) atoms. The van der Waals surface area contributed by atoms with E-state index in [-0.39, 0.29) is 10.8 Å². The fraction of sp³-hybridized carbons (Fsp3) is 0.412. The first-order valence-corrected chi connectivity index (χ1v) is 9.93. The van der Waals surface area contributed by atoms with Gasteiger partial charge in [-0.2, -0.15) is 5.10 Å². The molecule has 140 valence electrons. The van der Waals surface area contributed by atoms with Gasteiger partial charge < -0.3 is 10.1 Å². The Labute approximate surface area is 152 Å². The fourth-order valence-electron chi connectivity index (χ4n) is 2.78. The van der Waals surface area contributed by atoms with Crippen LogP contribution in [-0.4, -0.2) is 30.2 Å². The molecule has 0 radical (unpaired) electrons. The zero-order chi connectivity index (χ0) is 18.9. The molecule has 0 aliphatic carbocycles. The van der Waals surface area contributed by atoms with Crippen LogP contribution in [0.4, 0.5) is 11.5 Å². The number of sulfonamides is 1. The molecule has 1 amide bonds. The van der Waals surface area contributed by atoms with Crippen LogP contribution < -0.4 is 14.8 Å². The summed E-state index contributed by atoms with van der Waals surface area (Å²) >= 11 is 0. The first kappa shape index (κ1) is 18.2. The van der Waals surface area contributed by atoms with Gasteiger partial charge in [-0.05, 0) is 38.0 Å². The van der Waals surface area contributed by atoms with Crippen molar-refractivity contribution < 1.29 is 17.9 Å². The van der Waals surface area contributed by atoms with E-state index in [4.69, 9.17) is 4.74 Å². The average molecular weight is 378 g/mol. The lowest BCUT2D eigenvalue weighted by Gasteiger charge is -2.26. The number of amides is 1. The van der Waals surface area contributed by atoms with Crippen molar-refractivity contribution in [2.75, 3.05) is 10.0 Å². The summed E-state index contributed by atoms with van der Waals surface area (Å²) in [5, 5.41) is 6.85. The average Bonchev–Trinajstić information content (AvgIpc) is 2.89. The third-order valence-corrected chi connectivity index (χ3v) is 5.49. The number of hydrogen-bond acceptors (Lipinski definition) is 5. The summed E-state index contributed by atoms with van der Waals surface area (Å²) in [6.45, 7) is 3.82. The molecule has 0 saturated heterocycles. The highest BCUT2D eigenvalue weighted by molar-refractivity contribution is 7.92. The molecular formula is C17H22N4O4S. The topological polar surface area (TPSA) is 102 Å². The second-order valence-corrected chi connectivity index (χ2v) is 7.98. The predicted octanol–water partition coefficient (Wildman–Crippen LogP) is 2.42. The number of fused-ring (bicyclic) bond motifs is 1. The van der Waals surface area contributed by atoms with E-state index in [1.54, 1.807) is 26.1 Å². The van der Waals surface area contributed by atoms with E-state index in [1.807, 2.05) is 6.92 Å². The molecule has 2 heterocycles. The number of carbonyl (C=O) groups is 1. The Balaban J connectivity index is 1.84. The molecular weight excluding hydrogens is 356 g/mol.